The van der Waals surface area contributed by atoms with Crippen LogP contribution in [-0.2, 0) is 14.6 Å². The summed E-state index contributed by atoms with van der Waals surface area (Å²) in [7, 11) is -3.80. The van der Waals surface area contributed by atoms with Crippen molar-refractivity contribution in [1.82, 2.24) is 0 Å². The second-order valence-electron chi connectivity index (χ2n) is 3.12. The van der Waals surface area contributed by atoms with E-state index in [1.54, 1.807) is 0 Å². The summed E-state index contributed by atoms with van der Waals surface area (Å²) in [5.41, 5.74) is 9.87. The van der Waals surface area contributed by atoms with E-state index in [2.05, 4.69) is 0 Å². The highest BCUT2D eigenvalue weighted by Crippen LogP contribution is 2.12. The minimum atomic E-state index is -3.80. The van der Waals surface area contributed by atoms with E-state index in [9.17, 15) is 18.0 Å². The maximum absolute atomic E-state index is 11.6. The van der Waals surface area contributed by atoms with Gasteiger partial charge in [-0.15, -0.1) is 0 Å². The SMILES string of the molecule is NC(=O)CS(=O)(=O)c1cccc(C(N)=O)c1. The predicted octanol–water partition coefficient (Wildman–Crippen LogP) is -0.956. The zero-order valence-electron chi connectivity index (χ0n) is 8.21. The van der Waals surface area contributed by atoms with Gasteiger partial charge in [0.15, 0.2) is 9.84 Å². The molecule has 0 saturated heterocycles. The first-order valence-electron chi connectivity index (χ1n) is 4.24. The van der Waals surface area contributed by atoms with Crippen LogP contribution in [0.25, 0.3) is 0 Å². The van der Waals surface area contributed by atoms with Crippen molar-refractivity contribution in [3.8, 4) is 0 Å². The standard InChI is InChI=1S/C9H10N2O4S/c10-8(12)5-16(14,15)7-3-1-2-6(4-7)9(11)13/h1-4H,5H2,(H2,10,12)(H2,11,13). The number of carbonyl (C=O) groups is 2. The average Bonchev–Trinajstić information content (AvgIpc) is 2.16. The second-order valence-corrected chi connectivity index (χ2v) is 5.11. The van der Waals surface area contributed by atoms with Crippen LogP contribution in [0.5, 0.6) is 0 Å². The molecule has 0 aliphatic carbocycles. The number of amides is 2. The fourth-order valence-electron chi connectivity index (χ4n) is 1.11. The lowest BCUT2D eigenvalue weighted by molar-refractivity contribution is -0.115. The lowest BCUT2D eigenvalue weighted by atomic mass is 10.2. The van der Waals surface area contributed by atoms with E-state index in [1.165, 1.54) is 18.2 Å². The summed E-state index contributed by atoms with van der Waals surface area (Å²) in [6, 6.07) is 5.13. The molecule has 86 valence electrons. The van der Waals surface area contributed by atoms with Crippen molar-refractivity contribution in [1.29, 1.82) is 0 Å². The van der Waals surface area contributed by atoms with Crippen molar-refractivity contribution < 1.29 is 18.0 Å². The Balaban J connectivity index is 3.19. The molecule has 1 rings (SSSR count). The number of hydrogen-bond acceptors (Lipinski definition) is 4. The van der Waals surface area contributed by atoms with Gasteiger partial charge < -0.3 is 11.5 Å². The van der Waals surface area contributed by atoms with Gasteiger partial charge in [-0.05, 0) is 18.2 Å². The molecular weight excluding hydrogens is 232 g/mol. The van der Waals surface area contributed by atoms with Crippen molar-refractivity contribution in [2.75, 3.05) is 5.75 Å². The molecule has 0 bridgehead atoms. The molecule has 7 heteroatoms. The summed E-state index contributed by atoms with van der Waals surface area (Å²) in [6.07, 6.45) is 0. The van der Waals surface area contributed by atoms with E-state index >= 15 is 0 Å². The Morgan fingerprint density at radius 2 is 1.81 bits per heavy atom. The fraction of sp³-hybridized carbons (Fsp3) is 0.111. The smallest absolute Gasteiger partial charge is 0.248 e. The van der Waals surface area contributed by atoms with Crippen LogP contribution in [0.1, 0.15) is 10.4 Å². The van der Waals surface area contributed by atoms with Crippen LogP contribution >= 0.6 is 0 Å². The molecule has 1 aromatic rings. The fourth-order valence-corrected chi connectivity index (χ4v) is 2.25. The van der Waals surface area contributed by atoms with E-state index in [0.717, 1.165) is 6.07 Å². The first-order chi connectivity index (χ1) is 7.33. The number of rotatable bonds is 4. The second kappa shape index (κ2) is 4.31. The van der Waals surface area contributed by atoms with Gasteiger partial charge in [-0.2, -0.15) is 0 Å². The van der Waals surface area contributed by atoms with Crippen LogP contribution in [0.4, 0.5) is 0 Å². The molecule has 1 aromatic carbocycles. The lowest BCUT2D eigenvalue weighted by Crippen LogP contribution is -2.23. The molecule has 0 aromatic heterocycles. The van der Waals surface area contributed by atoms with Crippen molar-refractivity contribution in [2.24, 2.45) is 11.5 Å². The Kier molecular flexibility index (Phi) is 3.28. The minimum Gasteiger partial charge on any atom is -0.369 e. The van der Waals surface area contributed by atoms with Crippen LogP contribution < -0.4 is 11.5 Å². The summed E-state index contributed by atoms with van der Waals surface area (Å²) in [6.45, 7) is 0. The topological polar surface area (TPSA) is 120 Å². The summed E-state index contributed by atoms with van der Waals surface area (Å²) in [5, 5.41) is 0. The van der Waals surface area contributed by atoms with E-state index in [4.69, 9.17) is 11.5 Å². The molecule has 0 aliphatic rings. The first-order valence-corrected chi connectivity index (χ1v) is 5.89. The quantitative estimate of drug-likeness (QED) is 0.706. The summed E-state index contributed by atoms with van der Waals surface area (Å²) in [4.78, 5) is 21.2. The molecule has 0 saturated carbocycles. The predicted molar refractivity (Wildman–Crippen MR) is 56.2 cm³/mol. The normalized spacial score (nSPS) is 11.0. The maximum atomic E-state index is 11.6. The average molecular weight is 242 g/mol. The Morgan fingerprint density at radius 3 is 2.31 bits per heavy atom. The van der Waals surface area contributed by atoms with Crippen LogP contribution in [-0.4, -0.2) is 26.0 Å². The van der Waals surface area contributed by atoms with Gasteiger partial charge in [-0.3, -0.25) is 9.59 Å². The molecule has 0 heterocycles. The van der Waals surface area contributed by atoms with Crippen LogP contribution in [0.2, 0.25) is 0 Å². The Bertz CT molecular complexity index is 536. The summed E-state index contributed by atoms with van der Waals surface area (Å²) in [5.74, 6) is -2.49. The molecule has 0 spiro atoms. The molecule has 0 aliphatic heterocycles. The van der Waals surface area contributed by atoms with Gasteiger partial charge in [-0.25, -0.2) is 8.42 Å². The number of sulfone groups is 1. The Hall–Kier alpha value is -1.89. The largest absolute Gasteiger partial charge is 0.369 e. The van der Waals surface area contributed by atoms with Gasteiger partial charge >= 0.3 is 0 Å². The monoisotopic (exact) mass is 242 g/mol. The molecule has 16 heavy (non-hydrogen) atoms. The molecule has 0 radical (unpaired) electrons. The highest BCUT2D eigenvalue weighted by atomic mass is 32.2. The van der Waals surface area contributed by atoms with Gasteiger partial charge in [0.2, 0.25) is 11.8 Å². The summed E-state index contributed by atoms with van der Waals surface area (Å²) >= 11 is 0. The maximum Gasteiger partial charge on any atom is 0.248 e. The molecule has 6 nitrogen and oxygen atoms in total. The van der Waals surface area contributed by atoms with E-state index in [0.29, 0.717) is 0 Å². The van der Waals surface area contributed by atoms with Gasteiger partial charge in [0.05, 0.1) is 4.90 Å². The minimum absolute atomic E-state index is 0.0607. The number of carbonyl (C=O) groups excluding carboxylic acids is 2. The Labute approximate surface area is 92.2 Å². The van der Waals surface area contributed by atoms with Gasteiger partial charge in [0, 0.05) is 5.56 Å². The van der Waals surface area contributed by atoms with Crippen LogP contribution in [0.3, 0.4) is 0 Å². The third kappa shape index (κ3) is 2.80. The molecular formula is C9H10N2O4S. The van der Waals surface area contributed by atoms with Gasteiger partial charge in [-0.1, -0.05) is 6.07 Å². The van der Waals surface area contributed by atoms with Crippen LogP contribution in [0.15, 0.2) is 29.2 Å². The zero-order chi connectivity index (χ0) is 12.3. The highest BCUT2D eigenvalue weighted by Gasteiger charge is 2.18. The van der Waals surface area contributed by atoms with E-state index in [1.807, 2.05) is 0 Å². The van der Waals surface area contributed by atoms with Crippen molar-refractivity contribution in [3.05, 3.63) is 29.8 Å². The zero-order valence-corrected chi connectivity index (χ0v) is 9.03. The third-order valence-electron chi connectivity index (χ3n) is 1.81. The molecule has 0 unspecified atom stereocenters. The number of nitrogens with two attached hydrogens (primary N) is 2. The number of primary amides is 2. The molecule has 0 fully saturated rings. The van der Waals surface area contributed by atoms with E-state index in [-0.39, 0.29) is 10.5 Å². The number of benzene rings is 1. The molecule has 0 atom stereocenters. The van der Waals surface area contributed by atoms with Crippen molar-refractivity contribution >= 4 is 21.7 Å². The van der Waals surface area contributed by atoms with Crippen LogP contribution in [0, 0.1) is 0 Å². The lowest BCUT2D eigenvalue weighted by Gasteiger charge is -2.03. The van der Waals surface area contributed by atoms with Gasteiger partial charge in [0.1, 0.15) is 5.75 Å². The summed E-state index contributed by atoms with van der Waals surface area (Å²) < 4.78 is 23.1. The van der Waals surface area contributed by atoms with E-state index < -0.39 is 27.4 Å². The van der Waals surface area contributed by atoms with Gasteiger partial charge in [0.25, 0.3) is 0 Å². The molecule has 2 amide bonds. The third-order valence-corrected chi connectivity index (χ3v) is 3.45. The van der Waals surface area contributed by atoms with Crippen molar-refractivity contribution in [2.45, 2.75) is 4.90 Å². The van der Waals surface area contributed by atoms with Crippen molar-refractivity contribution in [3.63, 3.8) is 0 Å². The highest BCUT2D eigenvalue weighted by molar-refractivity contribution is 7.92. The first kappa shape index (κ1) is 12.2. The number of hydrogen-bond donors (Lipinski definition) is 2. The Morgan fingerprint density at radius 1 is 1.19 bits per heavy atom. The molecule has 4 N–H and O–H groups in total.